The molecule has 1 atom stereocenters. The summed E-state index contributed by atoms with van der Waals surface area (Å²) in [6.45, 7) is 3.12. The second kappa shape index (κ2) is 7.54. The third-order valence-corrected chi connectivity index (χ3v) is 6.76. The number of β-amino-alcohol motifs (C(OH)–C–C–N with tert-alkyl or cyclic N) is 1. The Morgan fingerprint density at radius 3 is 2.35 bits per heavy atom. The van der Waals surface area contributed by atoms with Crippen LogP contribution in [0.2, 0.25) is 0 Å². The van der Waals surface area contributed by atoms with Crippen molar-refractivity contribution < 1.29 is 9.68 Å². The molecule has 2 aliphatic heterocycles. The minimum Gasteiger partial charge on any atom is -0.346 e. The molecule has 5 rings (SSSR count). The molecule has 0 unspecified atom stereocenters. The Morgan fingerprint density at radius 2 is 1.65 bits per heavy atom. The normalized spacial score (nSPS) is 21.3. The average Bonchev–Trinajstić information content (AvgIpc) is 3.05. The highest BCUT2D eigenvalue weighted by Crippen LogP contribution is 2.35. The second-order valence-corrected chi connectivity index (χ2v) is 8.56. The molecule has 1 N–H and O–H groups in total. The molecule has 31 heavy (non-hydrogen) atoms. The summed E-state index contributed by atoms with van der Waals surface area (Å²) in [4.78, 5) is 15.8. The van der Waals surface area contributed by atoms with Gasteiger partial charge in [0.2, 0.25) is 5.69 Å². The molecule has 0 saturated heterocycles. The fraction of sp³-hybridized carbons (Fsp3) is 0.360. The zero-order valence-corrected chi connectivity index (χ0v) is 18.2. The maximum atomic E-state index is 13.7. The number of aliphatic hydroxyl groups is 1. The first-order valence-electron chi connectivity index (χ1n) is 11.1. The van der Waals surface area contributed by atoms with E-state index in [9.17, 15) is 9.90 Å². The zero-order valence-electron chi connectivity index (χ0n) is 18.2. The van der Waals surface area contributed by atoms with Gasteiger partial charge in [0.05, 0.1) is 17.9 Å². The molecule has 0 fully saturated rings. The van der Waals surface area contributed by atoms with Crippen molar-refractivity contribution in [2.24, 2.45) is 7.05 Å². The van der Waals surface area contributed by atoms with Crippen molar-refractivity contribution in [2.45, 2.75) is 38.3 Å². The largest absolute Gasteiger partial charge is 0.346 e. The summed E-state index contributed by atoms with van der Waals surface area (Å²) >= 11 is 0. The number of anilines is 1. The lowest BCUT2D eigenvalue weighted by Gasteiger charge is -2.23. The van der Waals surface area contributed by atoms with Crippen LogP contribution in [0.4, 0.5) is 5.69 Å². The van der Waals surface area contributed by atoms with Crippen LogP contribution in [0.15, 0.2) is 65.5 Å². The number of nitrogens with zero attached hydrogens (tertiary/aromatic N) is 4. The molecule has 3 heterocycles. The summed E-state index contributed by atoms with van der Waals surface area (Å²) < 4.78 is 5.76. The van der Waals surface area contributed by atoms with Gasteiger partial charge in [-0.25, -0.2) is 14.2 Å². The molecule has 0 saturated carbocycles. The van der Waals surface area contributed by atoms with Gasteiger partial charge in [0.15, 0.2) is 6.54 Å². The molecule has 1 aromatic heterocycles. The fourth-order valence-corrected chi connectivity index (χ4v) is 5.10. The topological polar surface area (TPSA) is 53.4 Å². The Hall–Kier alpha value is -3.12. The Labute approximate surface area is 182 Å². The van der Waals surface area contributed by atoms with Crippen LogP contribution in [0.5, 0.6) is 0 Å². The monoisotopic (exact) mass is 417 g/mol. The number of aromatic nitrogens is 2. The highest BCUT2D eigenvalue weighted by Gasteiger charge is 2.53. The fourth-order valence-electron chi connectivity index (χ4n) is 5.10. The molecule has 2 aromatic carbocycles. The predicted molar refractivity (Wildman–Crippen MR) is 122 cm³/mol. The number of amidine groups is 1. The summed E-state index contributed by atoms with van der Waals surface area (Å²) in [6.07, 6.45) is 4.08. The van der Waals surface area contributed by atoms with Gasteiger partial charge in [-0.3, -0.25) is 9.48 Å². The summed E-state index contributed by atoms with van der Waals surface area (Å²) in [5.74, 6) is 1.05. The van der Waals surface area contributed by atoms with Crippen LogP contribution in [0.3, 0.4) is 0 Å². The van der Waals surface area contributed by atoms with Crippen LogP contribution in [-0.2, 0) is 12.8 Å². The first-order chi connectivity index (χ1) is 15.0. The number of hydrogen-bond donors (Lipinski definition) is 1. The van der Waals surface area contributed by atoms with Gasteiger partial charge in [0, 0.05) is 19.0 Å². The quantitative estimate of drug-likeness (QED) is 0.666. The van der Waals surface area contributed by atoms with Gasteiger partial charge in [-0.1, -0.05) is 48.5 Å². The Morgan fingerprint density at radius 1 is 0.968 bits per heavy atom. The van der Waals surface area contributed by atoms with Gasteiger partial charge in [-0.2, -0.15) is 0 Å². The van der Waals surface area contributed by atoms with E-state index in [0.717, 1.165) is 55.0 Å². The SMILES string of the molecule is Cc1c(N2C[C@@](O)(c3ccccc3)[N+]3=C2CCCCC3)c(=O)n(-c2ccccc2)n1C. The molecule has 0 aliphatic carbocycles. The van der Waals surface area contributed by atoms with E-state index in [0.29, 0.717) is 12.2 Å². The average molecular weight is 418 g/mol. The molecule has 0 radical (unpaired) electrons. The molecule has 0 amide bonds. The number of rotatable bonds is 3. The van der Waals surface area contributed by atoms with Crippen molar-refractivity contribution >= 4 is 11.5 Å². The summed E-state index contributed by atoms with van der Waals surface area (Å²) in [7, 11) is 1.92. The Bertz CT molecular complexity index is 1190. The zero-order chi connectivity index (χ0) is 21.6. The molecule has 0 bridgehead atoms. The molecule has 2 aliphatic rings. The second-order valence-electron chi connectivity index (χ2n) is 8.56. The molecule has 0 spiro atoms. The third-order valence-electron chi connectivity index (χ3n) is 6.76. The van der Waals surface area contributed by atoms with E-state index < -0.39 is 5.72 Å². The predicted octanol–water partition coefficient (Wildman–Crippen LogP) is 3.13. The Balaban J connectivity index is 1.68. The van der Waals surface area contributed by atoms with Gasteiger partial charge < -0.3 is 5.11 Å². The van der Waals surface area contributed by atoms with Gasteiger partial charge >= 0.3 is 5.56 Å². The molecular weight excluding hydrogens is 388 g/mol. The highest BCUT2D eigenvalue weighted by molar-refractivity contribution is 5.96. The van der Waals surface area contributed by atoms with E-state index >= 15 is 0 Å². The molecule has 3 aromatic rings. The van der Waals surface area contributed by atoms with Gasteiger partial charge in [-0.15, -0.1) is 0 Å². The maximum absolute atomic E-state index is 13.7. The number of hydrogen-bond acceptors (Lipinski definition) is 3. The lowest BCUT2D eigenvalue weighted by Crippen LogP contribution is -2.41. The maximum Gasteiger partial charge on any atom is 0.318 e. The van der Waals surface area contributed by atoms with E-state index in [1.165, 1.54) is 0 Å². The smallest absolute Gasteiger partial charge is 0.318 e. The van der Waals surface area contributed by atoms with Crippen LogP contribution in [0.1, 0.15) is 36.9 Å². The summed E-state index contributed by atoms with van der Waals surface area (Å²) in [5.41, 5.74) is 2.05. The first-order valence-corrected chi connectivity index (χ1v) is 11.1. The lowest BCUT2D eigenvalue weighted by atomic mass is 10.0. The molecule has 6 nitrogen and oxygen atoms in total. The van der Waals surface area contributed by atoms with Crippen molar-refractivity contribution in [1.29, 1.82) is 0 Å². The van der Waals surface area contributed by atoms with E-state index in [1.807, 2.05) is 79.3 Å². The van der Waals surface area contributed by atoms with E-state index in [4.69, 9.17) is 0 Å². The van der Waals surface area contributed by atoms with Gasteiger partial charge in [0.25, 0.3) is 11.6 Å². The van der Waals surface area contributed by atoms with Gasteiger partial charge in [0.1, 0.15) is 0 Å². The van der Waals surface area contributed by atoms with Gasteiger partial charge in [-0.05, 0) is 38.3 Å². The number of para-hydroxylation sites is 1. The van der Waals surface area contributed by atoms with E-state index in [1.54, 1.807) is 4.68 Å². The number of benzene rings is 2. The third kappa shape index (κ3) is 3.05. The molecule has 160 valence electrons. The minimum atomic E-state index is -1.15. The summed E-state index contributed by atoms with van der Waals surface area (Å²) in [5, 5.41) is 11.9. The van der Waals surface area contributed by atoms with Crippen molar-refractivity contribution in [3.63, 3.8) is 0 Å². The van der Waals surface area contributed by atoms with Crippen molar-refractivity contribution in [3.05, 3.63) is 82.3 Å². The highest BCUT2D eigenvalue weighted by atomic mass is 16.3. The summed E-state index contributed by atoms with van der Waals surface area (Å²) in [6, 6.07) is 19.6. The van der Waals surface area contributed by atoms with Crippen molar-refractivity contribution in [1.82, 2.24) is 9.36 Å². The van der Waals surface area contributed by atoms with Crippen LogP contribution >= 0.6 is 0 Å². The standard InChI is InChI=1S/C25H29N4O2/c1-19-23(24(30)29(26(19)2)21-14-8-4-9-15-21)27-18-25(31,20-12-6-3-7-13-20)28-17-11-5-10-16-22(27)28/h3-4,6-9,12-15,31H,5,10-11,16-18H2,1-2H3/q+1/t25-/m1/s1. The lowest BCUT2D eigenvalue weighted by molar-refractivity contribution is -0.658. The first kappa shape index (κ1) is 19.8. The van der Waals surface area contributed by atoms with Crippen LogP contribution in [0, 0.1) is 6.92 Å². The van der Waals surface area contributed by atoms with Crippen molar-refractivity contribution in [3.8, 4) is 5.69 Å². The van der Waals surface area contributed by atoms with E-state index in [2.05, 4.69) is 9.48 Å². The molecular formula is C25H29N4O2+. The van der Waals surface area contributed by atoms with Crippen LogP contribution in [-0.4, -0.2) is 38.0 Å². The minimum absolute atomic E-state index is 0.0554. The van der Waals surface area contributed by atoms with E-state index in [-0.39, 0.29) is 5.56 Å². The Kier molecular flexibility index (Phi) is 4.82. The van der Waals surface area contributed by atoms with Crippen molar-refractivity contribution in [2.75, 3.05) is 18.0 Å². The van der Waals surface area contributed by atoms with Crippen LogP contribution < -0.4 is 10.5 Å². The van der Waals surface area contributed by atoms with Crippen LogP contribution in [0.25, 0.3) is 5.69 Å². The molecule has 6 heteroatoms.